The number of rotatable bonds is 4. The maximum atomic E-state index is 5.28. The first-order valence-electron chi connectivity index (χ1n) is 5.78. The van der Waals surface area contributed by atoms with E-state index in [9.17, 15) is 0 Å². The largest absolute Gasteiger partial charge is 0.496 e. The summed E-state index contributed by atoms with van der Waals surface area (Å²) in [7, 11) is 1.64. The quantitative estimate of drug-likeness (QED) is 0.498. The molecule has 0 bridgehead atoms. The summed E-state index contributed by atoms with van der Waals surface area (Å²) in [6, 6.07) is 8.01. The maximum Gasteiger partial charge on any atom is 0.187 e. The van der Waals surface area contributed by atoms with Crippen molar-refractivity contribution in [2.75, 3.05) is 7.11 Å². The van der Waals surface area contributed by atoms with Crippen LogP contribution in [0.15, 0.2) is 29.4 Å². The van der Waals surface area contributed by atoms with E-state index in [1.54, 1.807) is 7.11 Å². The minimum atomic E-state index is 0.284. The topological polar surface area (TPSA) is 45.6 Å². The standard InChI is InChI=1S/C13H19N3OS/c1-9(2)14-13(18)16-15-10(3)11-7-5-6-8-12(11)17-4/h5-9H,1-4H3,(H2,14,16,18)/b15-10-. The van der Waals surface area contributed by atoms with Gasteiger partial charge < -0.3 is 10.1 Å². The number of methoxy groups -OCH3 is 1. The monoisotopic (exact) mass is 265 g/mol. The van der Waals surface area contributed by atoms with Crippen molar-refractivity contribution in [1.29, 1.82) is 0 Å². The highest BCUT2D eigenvalue weighted by Gasteiger charge is 2.05. The van der Waals surface area contributed by atoms with Crippen LogP contribution in [0.2, 0.25) is 0 Å². The first-order chi connectivity index (χ1) is 8.54. The molecule has 1 aromatic carbocycles. The summed E-state index contributed by atoms with van der Waals surface area (Å²) in [4.78, 5) is 0. The summed E-state index contributed by atoms with van der Waals surface area (Å²) in [5, 5.41) is 7.81. The van der Waals surface area contributed by atoms with E-state index in [4.69, 9.17) is 17.0 Å². The third-order valence-electron chi connectivity index (χ3n) is 2.24. The molecule has 0 amide bonds. The van der Waals surface area contributed by atoms with Gasteiger partial charge in [0, 0.05) is 11.6 Å². The van der Waals surface area contributed by atoms with Crippen LogP contribution in [0, 0.1) is 0 Å². The van der Waals surface area contributed by atoms with Gasteiger partial charge in [0.1, 0.15) is 5.75 Å². The van der Waals surface area contributed by atoms with E-state index < -0.39 is 0 Å². The minimum Gasteiger partial charge on any atom is -0.496 e. The lowest BCUT2D eigenvalue weighted by atomic mass is 10.1. The van der Waals surface area contributed by atoms with Gasteiger partial charge in [0.2, 0.25) is 0 Å². The lowest BCUT2D eigenvalue weighted by Crippen LogP contribution is -2.37. The van der Waals surface area contributed by atoms with E-state index in [0.717, 1.165) is 17.0 Å². The predicted molar refractivity (Wildman–Crippen MR) is 79.2 cm³/mol. The summed E-state index contributed by atoms with van der Waals surface area (Å²) in [5.74, 6) is 0.795. The summed E-state index contributed by atoms with van der Waals surface area (Å²) in [6.45, 7) is 5.94. The van der Waals surface area contributed by atoms with Crippen LogP contribution in [0.25, 0.3) is 0 Å². The van der Waals surface area contributed by atoms with E-state index in [1.165, 1.54) is 0 Å². The third-order valence-corrected chi connectivity index (χ3v) is 2.45. The van der Waals surface area contributed by atoms with Gasteiger partial charge in [0.15, 0.2) is 5.11 Å². The van der Waals surface area contributed by atoms with Crippen LogP contribution in [0.4, 0.5) is 0 Å². The molecule has 2 N–H and O–H groups in total. The number of nitrogens with zero attached hydrogens (tertiary/aromatic N) is 1. The molecule has 98 valence electrons. The van der Waals surface area contributed by atoms with Crippen molar-refractivity contribution in [3.05, 3.63) is 29.8 Å². The van der Waals surface area contributed by atoms with Gasteiger partial charge >= 0.3 is 0 Å². The van der Waals surface area contributed by atoms with Crippen molar-refractivity contribution in [2.45, 2.75) is 26.8 Å². The minimum absolute atomic E-state index is 0.284. The van der Waals surface area contributed by atoms with Gasteiger partial charge in [-0.2, -0.15) is 5.10 Å². The average Bonchev–Trinajstić information content (AvgIpc) is 2.35. The molecule has 0 fully saturated rings. The van der Waals surface area contributed by atoms with Crippen LogP contribution in [-0.2, 0) is 0 Å². The van der Waals surface area contributed by atoms with Crippen LogP contribution < -0.4 is 15.5 Å². The molecule has 0 aliphatic heterocycles. The van der Waals surface area contributed by atoms with E-state index in [0.29, 0.717) is 5.11 Å². The normalized spacial score (nSPS) is 11.3. The fourth-order valence-electron chi connectivity index (χ4n) is 1.43. The molecule has 4 nitrogen and oxygen atoms in total. The van der Waals surface area contributed by atoms with Crippen molar-refractivity contribution in [1.82, 2.24) is 10.7 Å². The van der Waals surface area contributed by atoms with E-state index >= 15 is 0 Å². The highest BCUT2D eigenvalue weighted by Crippen LogP contribution is 2.17. The molecule has 0 aliphatic rings. The molecule has 0 atom stereocenters. The molecule has 0 heterocycles. The number of para-hydroxylation sites is 1. The molecule has 0 aromatic heterocycles. The van der Waals surface area contributed by atoms with Crippen LogP contribution in [0.1, 0.15) is 26.3 Å². The van der Waals surface area contributed by atoms with Crippen molar-refractivity contribution in [3.8, 4) is 5.75 Å². The highest BCUT2D eigenvalue weighted by atomic mass is 32.1. The Morgan fingerprint density at radius 1 is 1.33 bits per heavy atom. The second-order valence-electron chi connectivity index (χ2n) is 4.14. The Hall–Kier alpha value is -1.62. The Bertz CT molecular complexity index is 444. The second kappa shape index (κ2) is 6.96. The number of hydrazone groups is 1. The number of hydrogen-bond donors (Lipinski definition) is 2. The Morgan fingerprint density at radius 3 is 2.61 bits per heavy atom. The van der Waals surface area contributed by atoms with Crippen LogP contribution in [0.3, 0.4) is 0 Å². The maximum absolute atomic E-state index is 5.28. The Morgan fingerprint density at radius 2 is 2.00 bits per heavy atom. The van der Waals surface area contributed by atoms with E-state index in [-0.39, 0.29) is 6.04 Å². The van der Waals surface area contributed by atoms with Gasteiger partial charge in [-0.25, -0.2) is 0 Å². The van der Waals surface area contributed by atoms with Crippen molar-refractivity contribution < 1.29 is 4.74 Å². The predicted octanol–water partition coefficient (Wildman–Crippen LogP) is 2.29. The molecule has 0 unspecified atom stereocenters. The van der Waals surface area contributed by atoms with Crippen molar-refractivity contribution in [3.63, 3.8) is 0 Å². The fraction of sp³-hybridized carbons (Fsp3) is 0.385. The SMILES string of the molecule is COc1ccccc1/C(C)=N\NC(=S)NC(C)C. The molecule has 0 radical (unpaired) electrons. The Balaban J connectivity index is 2.74. The molecule has 0 saturated heterocycles. The van der Waals surface area contributed by atoms with Gasteiger partial charge in [-0.3, -0.25) is 5.43 Å². The molecule has 5 heteroatoms. The molecule has 0 spiro atoms. The van der Waals surface area contributed by atoms with Gasteiger partial charge in [-0.05, 0) is 45.1 Å². The summed E-state index contributed by atoms with van der Waals surface area (Å²) < 4.78 is 5.28. The first kappa shape index (κ1) is 14.4. The smallest absolute Gasteiger partial charge is 0.187 e. The highest BCUT2D eigenvalue weighted by molar-refractivity contribution is 7.80. The van der Waals surface area contributed by atoms with Gasteiger partial charge in [-0.15, -0.1) is 0 Å². The van der Waals surface area contributed by atoms with Gasteiger partial charge in [0.05, 0.1) is 12.8 Å². The van der Waals surface area contributed by atoms with Gasteiger partial charge in [-0.1, -0.05) is 12.1 Å². The number of hydrogen-bond acceptors (Lipinski definition) is 3. The van der Waals surface area contributed by atoms with Crippen molar-refractivity contribution in [2.24, 2.45) is 5.10 Å². The van der Waals surface area contributed by atoms with Crippen LogP contribution >= 0.6 is 12.2 Å². The number of nitrogens with one attached hydrogen (secondary N) is 2. The molecule has 0 aliphatic carbocycles. The first-order valence-corrected chi connectivity index (χ1v) is 6.19. The lowest BCUT2D eigenvalue weighted by molar-refractivity contribution is 0.414. The average molecular weight is 265 g/mol. The Labute approximate surface area is 113 Å². The molecule has 18 heavy (non-hydrogen) atoms. The molecule has 0 saturated carbocycles. The zero-order valence-electron chi connectivity index (χ0n) is 11.2. The zero-order chi connectivity index (χ0) is 13.5. The second-order valence-corrected chi connectivity index (χ2v) is 4.55. The Kier molecular flexibility index (Phi) is 5.58. The summed E-state index contributed by atoms with van der Waals surface area (Å²) in [5.41, 5.74) is 4.58. The molecular weight excluding hydrogens is 246 g/mol. The van der Waals surface area contributed by atoms with Crippen LogP contribution in [0.5, 0.6) is 5.75 Å². The lowest BCUT2D eigenvalue weighted by Gasteiger charge is -2.11. The van der Waals surface area contributed by atoms with Gasteiger partial charge in [0.25, 0.3) is 0 Å². The number of thiocarbonyl (C=S) groups is 1. The third kappa shape index (κ3) is 4.33. The molecule has 1 aromatic rings. The summed E-state index contributed by atoms with van der Waals surface area (Å²) >= 11 is 5.10. The fourth-order valence-corrected chi connectivity index (χ4v) is 1.71. The summed E-state index contributed by atoms with van der Waals surface area (Å²) in [6.07, 6.45) is 0. The zero-order valence-corrected chi connectivity index (χ0v) is 12.0. The molecule has 1 rings (SSSR count). The number of ether oxygens (including phenoxy) is 1. The number of benzene rings is 1. The van der Waals surface area contributed by atoms with Crippen molar-refractivity contribution >= 4 is 23.0 Å². The van der Waals surface area contributed by atoms with E-state index in [1.807, 2.05) is 45.0 Å². The molecular formula is C13H19N3OS. The van der Waals surface area contributed by atoms with E-state index in [2.05, 4.69) is 15.8 Å². The van der Waals surface area contributed by atoms with Crippen LogP contribution in [-0.4, -0.2) is 24.0 Å².